The third-order valence-corrected chi connectivity index (χ3v) is 2.56. The van der Waals surface area contributed by atoms with E-state index in [2.05, 4.69) is 26.8 Å². The van der Waals surface area contributed by atoms with Crippen LogP contribution in [0.5, 0.6) is 0 Å². The van der Waals surface area contributed by atoms with Gasteiger partial charge in [-0.2, -0.15) is 0 Å². The van der Waals surface area contributed by atoms with E-state index in [0.29, 0.717) is 6.54 Å². The zero-order valence-electron chi connectivity index (χ0n) is 9.94. The quantitative estimate of drug-likeness (QED) is 0.848. The Morgan fingerprint density at radius 1 is 1.44 bits per heavy atom. The normalized spacial score (nSPS) is 10.7. The van der Waals surface area contributed by atoms with Gasteiger partial charge < -0.3 is 14.5 Å². The number of hydrogen-bond donors (Lipinski definition) is 1. The van der Waals surface area contributed by atoms with Crippen molar-refractivity contribution in [2.24, 2.45) is 7.05 Å². The predicted molar refractivity (Wildman–Crippen MR) is 63.2 cm³/mol. The van der Waals surface area contributed by atoms with E-state index < -0.39 is 0 Å². The summed E-state index contributed by atoms with van der Waals surface area (Å²) >= 11 is 0. The van der Waals surface area contributed by atoms with Gasteiger partial charge in [-0.3, -0.25) is 0 Å². The first-order valence-corrected chi connectivity index (χ1v) is 5.44. The number of hydrogen-bond acceptors (Lipinski definition) is 3. The van der Waals surface area contributed by atoms with Gasteiger partial charge in [0, 0.05) is 32.2 Å². The molecule has 0 saturated heterocycles. The second kappa shape index (κ2) is 4.38. The summed E-state index contributed by atoms with van der Waals surface area (Å²) in [5, 5.41) is 3.30. The minimum atomic E-state index is 0.694. The van der Waals surface area contributed by atoms with E-state index in [4.69, 9.17) is 0 Å². The zero-order valence-corrected chi connectivity index (χ0v) is 9.94. The van der Waals surface area contributed by atoms with Gasteiger partial charge in [0.1, 0.15) is 5.82 Å². The molecular formula is C11H17N5. The van der Waals surface area contributed by atoms with Crippen molar-refractivity contribution < 1.29 is 0 Å². The van der Waals surface area contributed by atoms with E-state index in [1.54, 1.807) is 6.20 Å². The van der Waals surface area contributed by atoms with Crippen LogP contribution in [0.25, 0.3) is 0 Å². The summed E-state index contributed by atoms with van der Waals surface area (Å²) < 4.78 is 4.09. The maximum atomic E-state index is 4.43. The maximum absolute atomic E-state index is 4.43. The Labute approximate surface area is 95.1 Å². The third kappa shape index (κ3) is 2.08. The van der Waals surface area contributed by atoms with Crippen molar-refractivity contribution in [2.45, 2.75) is 26.9 Å². The van der Waals surface area contributed by atoms with Crippen molar-refractivity contribution in [2.75, 3.05) is 5.32 Å². The molecule has 0 saturated carbocycles. The number of rotatable bonds is 4. The number of nitrogens with one attached hydrogen (secondary N) is 1. The number of aryl methyl sites for hydroxylation is 3. The smallest absolute Gasteiger partial charge is 0.203 e. The Morgan fingerprint density at radius 3 is 2.88 bits per heavy atom. The minimum Gasteiger partial charge on any atom is -0.348 e. The Hall–Kier alpha value is -1.78. The first-order valence-electron chi connectivity index (χ1n) is 5.44. The predicted octanol–water partition coefficient (Wildman–Crippen LogP) is 1.56. The lowest BCUT2D eigenvalue weighted by molar-refractivity contribution is 0.750. The van der Waals surface area contributed by atoms with Gasteiger partial charge in [0.25, 0.3) is 0 Å². The molecule has 5 nitrogen and oxygen atoms in total. The third-order valence-electron chi connectivity index (χ3n) is 2.56. The van der Waals surface area contributed by atoms with Crippen molar-refractivity contribution >= 4 is 5.95 Å². The molecule has 1 N–H and O–H groups in total. The minimum absolute atomic E-state index is 0.694. The largest absolute Gasteiger partial charge is 0.348 e. The average Bonchev–Trinajstić information content (AvgIpc) is 2.81. The van der Waals surface area contributed by atoms with E-state index in [1.165, 1.54) is 0 Å². The molecule has 0 bridgehead atoms. The molecular weight excluding hydrogens is 202 g/mol. The van der Waals surface area contributed by atoms with Crippen molar-refractivity contribution in [1.29, 1.82) is 0 Å². The van der Waals surface area contributed by atoms with E-state index in [-0.39, 0.29) is 0 Å². The molecule has 0 radical (unpaired) electrons. The monoisotopic (exact) mass is 219 g/mol. The van der Waals surface area contributed by atoms with Crippen LogP contribution in [-0.4, -0.2) is 19.1 Å². The molecule has 2 aromatic rings. The van der Waals surface area contributed by atoms with Gasteiger partial charge >= 0.3 is 0 Å². The van der Waals surface area contributed by atoms with Gasteiger partial charge in [0.15, 0.2) is 0 Å². The van der Waals surface area contributed by atoms with E-state index in [9.17, 15) is 0 Å². The van der Waals surface area contributed by atoms with Crippen LogP contribution in [-0.2, 0) is 20.1 Å². The number of nitrogens with zero attached hydrogens (tertiary/aromatic N) is 4. The topological polar surface area (TPSA) is 47.7 Å². The van der Waals surface area contributed by atoms with Gasteiger partial charge in [-0.1, -0.05) is 0 Å². The van der Waals surface area contributed by atoms with Gasteiger partial charge in [0.05, 0.1) is 12.2 Å². The summed E-state index contributed by atoms with van der Waals surface area (Å²) in [4.78, 5) is 8.68. The fraction of sp³-hybridized carbons (Fsp3) is 0.455. The number of imidazole rings is 2. The molecule has 86 valence electrons. The molecule has 0 spiro atoms. The Bertz CT molecular complexity index is 468. The molecule has 0 aliphatic rings. The second-order valence-corrected chi connectivity index (χ2v) is 3.80. The van der Waals surface area contributed by atoms with Crippen LogP contribution in [0.15, 0.2) is 18.6 Å². The molecule has 0 fully saturated rings. The van der Waals surface area contributed by atoms with Gasteiger partial charge in [0.2, 0.25) is 5.95 Å². The Morgan fingerprint density at radius 2 is 2.25 bits per heavy atom. The van der Waals surface area contributed by atoms with Crippen LogP contribution in [0.2, 0.25) is 0 Å². The molecule has 0 aliphatic heterocycles. The highest BCUT2D eigenvalue weighted by Crippen LogP contribution is 2.09. The summed E-state index contributed by atoms with van der Waals surface area (Å²) in [6.45, 7) is 5.72. The SMILES string of the molecule is CCn1cc(C)nc1NCc1nccn1C. The van der Waals surface area contributed by atoms with E-state index in [0.717, 1.165) is 24.0 Å². The summed E-state index contributed by atoms with van der Waals surface area (Å²) in [5.74, 6) is 1.91. The molecule has 0 atom stereocenters. The highest BCUT2D eigenvalue weighted by atomic mass is 15.2. The summed E-state index contributed by atoms with van der Waals surface area (Å²) in [7, 11) is 1.99. The van der Waals surface area contributed by atoms with Crippen LogP contribution in [0.3, 0.4) is 0 Å². The fourth-order valence-corrected chi connectivity index (χ4v) is 1.65. The fourth-order valence-electron chi connectivity index (χ4n) is 1.65. The lowest BCUT2D eigenvalue weighted by Gasteiger charge is -2.07. The van der Waals surface area contributed by atoms with Crippen molar-refractivity contribution in [1.82, 2.24) is 19.1 Å². The Balaban J connectivity index is 2.07. The second-order valence-electron chi connectivity index (χ2n) is 3.80. The molecule has 2 aromatic heterocycles. The molecule has 16 heavy (non-hydrogen) atoms. The maximum Gasteiger partial charge on any atom is 0.203 e. The lowest BCUT2D eigenvalue weighted by Crippen LogP contribution is -2.09. The van der Waals surface area contributed by atoms with Crippen LogP contribution in [0.1, 0.15) is 18.4 Å². The van der Waals surface area contributed by atoms with Gasteiger partial charge in [-0.05, 0) is 13.8 Å². The van der Waals surface area contributed by atoms with Crippen LogP contribution >= 0.6 is 0 Å². The van der Waals surface area contributed by atoms with Gasteiger partial charge in [-0.25, -0.2) is 9.97 Å². The average molecular weight is 219 g/mol. The molecule has 0 aliphatic carbocycles. The molecule has 2 rings (SSSR count). The number of aromatic nitrogens is 4. The molecule has 2 heterocycles. The van der Waals surface area contributed by atoms with E-state index in [1.807, 2.05) is 30.9 Å². The van der Waals surface area contributed by atoms with Crippen molar-refractivity contribution in [3.63, 3.8) is 0 Å². The highest BCUT2D eigenvalue weighted by Gasteiger charge is 2.05. The first-order chi connectivity index (χ1) is 7.70. The first kappa shape index (κ1) is 10.7. The summed E-state index contributed by atoms with van der Waals surface area (Å²) in [6.07, 6.45) is 5.78. The van der Waals surface area contributed by atoms with Crippen LogP contribution in [0.4, 0.5) is 5.95 Å². The van der Waals surface area contributed by atoms with E-state index >= 15 is 0 Å². The molecule has 0 aromatic carbocycles. The Kier molecular flexibility index (Phi) is 2.94. The molecule has 5 heteroatoms. The highest BCUT2D eigenvalue weighted by molar-refractivity contribution is 5.29. The molecule has 0 unspecified atom stereocenters. The zero-order chi connectivity index (χ0) is 11.5. The molecule has 0 amide bonds. The standard InChI is InChI=1S/C11H17N5/c1-4-16-8-9(2)14-11(16)13-7-10-12-5-6-15(10)3/h5-6,8H,4,7H2,1-3H3,(H,13,14). The van der Waals surface area contributed by atoms with Gasteiger partial charge in [-0.15, -0.1) is 0 Å². The van der Waals surface area contributed by atoms with Crippen LogP contribution in [0, 0.1) is 6.92 Å². The van der Waals surface area contributed by atoms with Crippen molar-refractivity contribution in [3.8, 4) is 0 Å². The summed E-state index contributed by atoms with van der Waals surface area (Å²) in [5.41, 5.74) is 1.03. The number of anilines is 1. The summed E-state index contributed by atoms with van der Waals surface area (Å²) in [6, 6.07) is 0. The van der Waals surface area contributed by atoms with Crippen LogP contribution < -0.4 is 5.32 Å². The van der Waals surface area contributed by atoms with Crippen molar-refractivity contribution in [3.05, 3.63) is 30.1 Å². The lowest BCUT2D eigenvalue weighted by atomic mass is 10.5.